The van der Waals surface area contributed by atoms with E-state index in [1.807, 2.05) is 24.3 Å². The van der Waals surface area contributed by atoms with Crippen LogP contribution in [0, 0.1) is 5.82 Å². The third-order valence-corrected chi connectivity index (χ3v) is 6.28. The number of rotatable bonds is 5. The second-order valence-corrected chi connectivity index (χ2v) is 8.55. The van der Waals surface area contributed by atoms with Gasteiger partial charge in [-0.15, -0.1) is 0 Å². The Balaban J connectivity index is 1.35. The molecule has 10 heteroatoms. The van der Waals surface area contributed by atoms with Gasteiger partial charge in [0.15, 0.2) is 0 Å². The molecule has 1 aromatic heterocycles. The number of hydrogen-bond donors (Lipinski definition) is 1. The average Bonchev–Trinajstić information content (AvgIpc) is 3.10. The van der Waals surface area contributed by atoms with E-state index in [-0.39, 0.29) is 11.1 Å². The van der Waals surface area contributed by atoms with E-state index < -0.39 is 5.82 Å². The molecule has 1 N–H and O–H groups in total. The molecule has 3 aromatic rings. The van der Waals surface area contributed by atoms with Crippen molar-refractivity contribution in [2.75, 3.05) is 43.5 Å². The van der Waals surface area contributed by atoms with E-state index in [9.17, 15) is 9.18 Å². The predicted octanol–water partition coefficient (Wildman–Crippen LogP) is 4.67. The van der Waals surface area contributed by atoms with Crippen LogP contribution in [0.2, 0.25) is 5.02 Å². The van der Waals surface area contributed by atoms with Crippen molar-refractivity contribution >= 4 is 40.0 Å². The Hall–Kier alpha value is -2.91. The van der Waals surface area contributed by atoms with Gasteiger partial charge in [-0.2, -0.15) is 4.37 Å². The molecule has 0 aliphatic carbocycles. The van der Waals surface area contributed by atoms with E-state index in [1.54, 1.807) is 12.0 Å². The van der Waals surface area contributed by atoms with E-state index in [1.165, 1.54) is 29.7 Å². The van der Waals surface area contributed by atoms with Crippen LogP contribution in [0.5, 0.6) is 5.75 Å². The van der Waals surface area contributed by atoms with Crippen LogP contribution in [0.15, 0.2) is 42.5 Å². The minimum atomic E-state index is -0.516. The number of halogens is 2. The predicted molar refractivity (Wildman–Crippen MR) is 125 cm³/mol. The molecule has 168 valence electrons. The molecule has 32 heavy (non-hydrogen) atoms. The Morgan fingerprint density at radius 1 is 1.22 bits per heavy atom. The van der Waals surface area contributed by atoms with Gasteiger partial charge in [-0.25, -0.2) is 14.2 Å². The summed E-state index contributed by atoms with van der Waals surface area (Å²) < 4.78 is 23.1. The Kier molecular flexibility index (Phi) is 7.06. The lowest BCUT2D eigenvalue weighted by atomic mass is 10.1. The van der Waals surface area contributed by atoms with Crippen molar-refractivity contribution in [3.8, 4) is 5.75 Å². The Morgan fingerprint density at radius 3 is 2.91 bits per heavy atom. The largest absolute Gasteiger partial charge is 0.497 e. The molecule has 1 saturated heterocycles. The van der Waals surface area contributed by atoms with Crippen LogP contribution < -0.4 is 15.0 Å². The zero-order valence-electron chi connectivity index (χ0n) is 17.6. The summed E-state index contributed by atoms with van der Waals surface area (Å²) in [7, 11) is 1.65. The van der Waals surface area contributed by atoms with Gasteiger partial charge in [-0.3, -0.25) is 0 Å². The Labute approximate surface area is 194 Å². The van der Waals surface area contributed by atoms with E-state index in [0.717, 1.165) is 35.2 Å². The molecule has 7 nitrogen and oxygen atoms in total. The maximum absolute atomic E-state index is 13.3. The van der Waals surface area contributed by atoms with E-state index in [4.69, 9.17) is 21.3 Å². The van der Waals surface area contributed by atoms with Gasteiger partial charge in [0, 0.05) is 49.8 Å². The van der Waals surface area contributed by atoms with E-state index >= 15 is 0 Å². The van der Waals surface area contributed by atoms with Gasteiger partial charge < -0.3 is 19.9 Å². The molecule has 1 fully saturated rings. The molecule has 0 atom stereocenters. The van der Waals surface area contributed by atoms with Crippen molar-refractivity contribution < 1.29 is 13.9 Å². The quantitative estimate of drug-likeness (QED) is 0.580. The number of ether oxygens (including phenoxy) is 1. The summed E-state index contributed by atoms with van der Waals surface area (Å²) >= 11 is 7.17. The van der Waals surface area contributed by atoms with Crippen molar-refractivity contribution in [1.29, 1.82) is 0 Å². The molecule has 0 unspecified atom stereocenters. The molecule has 0 radical (unpaired) electrons. The summed E-state index contributed by atoms with van der Waals surface area (Å²) in [6.45, 7) is 2.61. The molecule has 2 heterocycles. The highest BCUT2D eigenvalue weighted by molar-refractivity contribution is 7.09. The van der Waals surface area contributed by atoms with Crippen LogP contribution in [0.25, 0.3) is 0 Å². The van der Waals surface area contributed by atoms with Gasteiger partial charge in [0.25, 0.3) is 0 Å². The fourth-order valence-corrected chi connectivity index (χ4v) is 4.42. The van der Waals surface area contributed by atoms with E-state index in [0.29, 0.717) is 31.7 Å². The molecule has 1 aliphatic rings. The molecular formula is C22H23ClFN5O2S. The lowest BCUT2D eigenvalue weighted by Gasteiger charge is -2.22. The third-order valence-electron chi connectivity index (χ3n) is 5.18. The fraction of sp³-hybridized carbons (Fsp3) is 0.318. The molecule has 4 rings (SSSR count). The number of anilines is 2. The van der Waals surface area contributed by atoms with E-state index in [2.05, 4.69) is 14.6 Å². The van der Waals surface area contributed by atoms with Crippen LogP contribution in [0.1, 0.15) is 17.8 Å². The molecule has 2 amide bonds. The number of urea groups is 1. The standard InChI is InChI=1S/C22H23ClFN5O2S/c1-31-17-5-2-4-15(12-17)13-20-26-22(32-27-20)29-9-3-8-28(10-11-29)21(30)25-16-6-7-19(24)18(23)14-16/h2,4-7,12,14H,3,8-11,13H2,1H3,(H,25,30). The number of nitrogens with zero attached hydrogens (tertiary/aromatic N) is 4. The first kappa shape index (κ1) is 22.3. The molecule has 0 saturated carbocycles. The topological polar surface area (TPSA) is 70.6 Å². The fourth-order valence-electron chi connectivity index (χ4n) is 3.50. The molecule has 0 bridgehead atoms. The highest BCUT2D eigenvalue weighted by Crippen LogP contribution is 2.23. The van der Waals surface area contributed by atoms with Crippen molar-refractivity contribution in [1.82, 2.24) is 14.3 Å². The Bertz CT molecular complexity index is 1100. The molecular weight excluding hydrogens is 453 g/mol. The number of nitrogens with one attached hydrogen (secondary N) is 1. The molecule has 1 aliphatic heterocycles. The first-order chi connectivity index (χ1) is 15.5. The first-order valence-electron chi connectivity index (χ1n) is 10.2. The SMILES string of the molecule is COc1cccc(Cc2nsc(N3CCCN(C(=O)Nc4ccc(F)c(Cl)c4)CC3)n2)c1. The van der Waals surface area contributed by atoms with Crippen LogP contribution in [-0.4, -0.2) is 53.6 Å². The van der Waals surface area contributed by atoms with Gasteiger partial charge in [0.05, 0.1) is 12.1 Å². The number of hydrogen-bond acceptors (Lipinski definition) is 6. The summed E-state index contributed by atoms with van der Waals surface area (Å²) in [6.07, 6.45) is 1.44. The smallest absolute Gasteiger partial charge is 0.321 e. The number of aromatic nitrogens is 2. The number of methoxy groups -OCH3 is 1. The molecule has 2 aromatic carbocycles. The maximum atomic E-state index is 13.3. The lowest BCUT2D eigenvalue weighted by molar-refractivity contribution is 0.215. The summed E-state index contributed by atoms with van der Waals surface area (Å²) in [6, 6.07) is 11.8. The summed E-state index contributed by atoms with van der Waals surface area (Å²) in [5, 5.41) is 3.62. The second-order valence-electron chi connectivity index (χ2n) is 7.41. The highest BCUT2D eigenvalue weighted by atomic mass is 35.5. The lowest BCUT2D eigenvalue weighted by Crippen LogP contribution is -2.38. The third kappa shape index (κ3) is 5.46. The minimum Gasteiger partial charge on any atom is -0.497 e. The highest BCUT2D eigenvalue weighted by Gasteiger charge is 2.21. The average molecular weight is 476 g/mol. The monoisotopic (exact) mass is 475 g/mol. The Morgan fingerprint density at radius 2 is 2.09 bits per heavy atom. The van der Waals surface area contributed by atoms with Gasteiger partial charge >= 0.3 is 6.03 Å². The van der Waals surface area contributed by atoms with Gasteiger partial charge in [0.2, 0.25) is 5.13 Å². The van der Waals surface area contributed by atoms with Crippen molar-refractivity contribution in [3.63, 3.8) is 0 Å². The summed E-state index contributed by atoms with van der Waals surface area (Å²) in [4.78, 5) is 21.3. The number of carbonyl (C=O) groups excluding carboxylic acids is 1. The van der Waals surface area contributed by atoms with Crippen LogP contribution in [-0.2, 0) is 6.42 Å². The van der Waals surface area contributed by atoms with Gasteiger partial charge in [-0.05, 0) is 42.3 Å². The number of carbonyl (C=O) groups is 1. The van der Waals surface area contributed by atoms with Gasteiger partial charge in [-0.1, -0.05) is 23.7 Å². The second kappa shape index (κ2) is 10.1. The summed E-state index contributed by atoms with van der Waals surface area (Å²) in [5.74, 6) is 1.06. The zero-order chi connectivity index (χ0) is 22.5. The maximum Gasteiger partial charge on any atom is 0.321 e. The van der Waals surface area contributed by atoms with Crippen LogP contribution in [0.3, 0.4) is 0 Å². The van der Waals surface area contributed by atoms with Gasteiger partial charge in [0.1, 0.15) is 17.4 Å². The zero-order valence-corrected chi connectivity index (χ0v) is 19.1. The number of benzene rings is 2. The number of amides is 2. The van der Waals surface area contributed by atoms with Crippen molar-refractivity contribution in [3.05, 3.63) is 64.7 Å². The van der Waals surface area contributed by atoms with Crippen LogP contribution in [0.4, 0.5) is 20.0 Å². The van der Waals surface area contributed by atoms with Crippen molar-refractivity contribution in [2.45, 2.75) is 12.8 Å². The van der Waals surface area contributed by atoms with Crippen LogP contribution >= 0.6 is 23.1 Å². The first-order valence-corrected chi connectivity index (χ1v) is 11.4. The van der Waals surface area contributed by atoms with Crippen molar-refractivity contribution in [2.24, 2.45) is 0 Å². The molecule has 0 spiro atoms. The summed E-state index contributed by atoms with van der Waals surface area (Å²) in [5.41, 5.74) is 1.56. The minimum absolute atomic E-state index is 0.0223. The normalized spacial score (nSPS) is 14.2.